The van der Waals surface area contributed by atoms with Gasteiger partial charge in [-0.3, -0.25) is 4.79 Å². The number of rotatable bonds is 6. The Balaban J connectivity index is 2.71. The Hall–Kier alpha value is -1.62. The first-order chi connectivity index (χ1) is 8.97. The van der Waals surface area contributed by atoms with Gasteiger partial charge in [-0.05, 0) is 33.0 Å². The Kier molecular flexibility index (Phi) is 5.76. The van der Waals surface area contributed by atoms with Gasteiger partial charge >= 0.3 is 5.97 Å². The number of hydrogen-bond donors (Lipinski definition) is 1. The lowest BCUT2D eigenvalue weighted by molar-refractivity contribution is -0.139. The molecule has 1 atom stereocenters. The Bertz CT molecular complexity index is 399. The predicted octanol–water partition coefficient (Wildman–Crippen LogP) is 0.730. The molecule has 1 amide bonds. The zero-order valence-corrected chi connectivity index (χ0v) is 11.9. The van der Waals surface area contributed by atoms with Crippen LogP contribution in [0.3, 0.4) is 0 Å². The number of carbonyl (C=O) groups is 2. The van der Waals surface area contributed by atoms with Crippen molar-refractivity contribution < 1.29 is 14.3 Å². The van der Waals surface area contributed by atoms with Gasteiger partial charge in [0.1, 0.15) is 6.61 Å². The summed E-state index contributed by atoms with van der Waals surface area (Å²) in [7, 11) is 3.82. The summed E-state index contributed by atoms with van der Waals surface area (Å²) in [6.07, 6.45) is 2.28. The van der Waals surface area contributed by atoms with Crippen LogP contribution in [-0.4, -0.2) is 50.6 Å². The molecule has 5 heteroatoms. The molecule has 0 bridgehead atoms. The van der Waals surface area contributed by atoms with Gasteiger partial charge in [-0.1, -0.05) is 12.7 Å². The van der Waals surface area contributed by atoms with Gasteiger partial charge in [-0.15, -0.1) is 0 Å². The van der Waals surface area contributed by atoms with Crippen molar-refractivity contribution in [1.29, 1.82) is 0 Å². The monoisotopic (exact) mass is 266 g/mol. The lowest BCUT2D eigenvalue weighted by atomic mass is 9.93. The number of ether oxygens (including phenoxy) is 1. The second-order valence-electron chi connectivity index (χ2n) is 4.86. The molecule has 0 aliphatic carbocycles. The summed E-state index contributed by atoms with van der Waals surface area (Å²) in [5.41, 5.74) is 1.14. The number of esters is 1. The molecule has 106 valence electrons. The van der Waals surface area contributed by atoms with Gasteiger partial charge in [-0.2, -0.15) is 0 Å². The highest BCUT2D eigenvalue weighted by Gasteiger charge is 2.29. The average molecular weight is 266 g/mol. The maximum Gasteiger partial charge on any atom is 0.334 e. The van der Waals surface area contributed by atoms with E-state index in [0.717, 1.165) is 0 Å². The number of allylic oxidation sites excluding steroid dienone is 1. The Morgan fingerprint density at radius 1 is 1.58 bits per heavy atom. The van der Waals surface area contributed by atoms with E-state index in [1.165, 1.54) is 0 Å². The Labute approximate surface area is 114 Å². The number of nitrogens with one attached hydrogen (secondary N) is 1. The summed E-state index contributed by atoms with van der Waals surface area (Å²) in [5.74, 6) is -0.703. The summed E-state index contributed by atoms with van der Waals surface area (Å²) in [5, 5.41) is 2.76. The van der Waals surface area contributed by atoms with E-state index < -0.39 is 0 Å². The van der Waals surface area contributed by atoms with E-state index in [1.807, 2.05) is 19.0 Å². The average Bonchev–Trinajstić information content (AvgIpc) is 2.76. The molecule has 0 radical (unpaired) electrons. The van der Waals surface area contributed by atoms with E-state index in [9.17, 15) is 9.59 Å². The van der Waals surface area contributed by atoms with Gasteiger partial charge in [0.25, 0.3) is 0 Å². The molecule has 0 aromatic rings. The summed E-state index contributed by atoms with van der Waals surface area (Å²) in [4.78, 5) is 25.5. The molecule has 5 nitrogen and oxygen atoms in total. The molecule has 19 heavy (non-hydrogen) atoms. The smallest absolute Gasteiger partial charge is 0.334 e. The van der Waals surface area contributed by atoms with E-state index in [0.29, 0.717) is 37.3 Å². The SMILES string of the molecule is C=C/C(=C(/C)C(=O)OCCN(C)C)C1CCNC1=O. The van der Waals surface area contributed by atoms with Crippen molar-refractivity contribution in [2.45, 2.75) is 13.3 Å². The standard InChI is InChI=1S/C14H22N2O3/c1-5-11(12-6-7-15-13(12)17)10(2)14(18)19-9-8-16(3)4/h5,12H,1,6-9H2,2-4H3,(H,15,17)/b11-10+. The van der Waals surface area contributed by atoms with Gasteiger partial charge in [0.2, 0.25) is 5.91 Å². The van der Waals surface area contributed by atoms with Crippen LogP contribution in [0.1, 0.15) is 13.3 Å². The fraction of sp³-hybridized carbons (Fsp3) is 0.571. The first-order valence-corrected chi connectivity index (χ1v) is 6.40. The molecule has 1 heterocycles. The number of amides is 1. The van der Waals surface area contributed by atoms with Crippen LogP contribution in [0.2, 0.25) is 0 Å². The van der Waals surface area contributed by atoms with E-state index in [4.69, 9.17) is 4.74 Å². The number of hydrogen-bond acceptors (Lipinski definition) is 4. The molecule has 1 fully saturated rings. The summed E-state index contributed by atoms with van der Waals surface area (Å²) in [6, 6.07) is 0. The van der Waals surface area contributed by atoms with Crippen molar-refractivity contribution in [2.24, 2.45) is 5.92 Å². The van der Waals surface area contributed by atoms with Crippen LogP contribution in [0.5, 0.6) is 0 Å². The molecular weight excluding hydrogens is 244 g/mol. The van der Waals surface area contributed by atoms with Crippen LogP contribution < -0.4 is 5.32 Å². The second-order valence-corrected chi connectivity index (χ2v) is 4.86. The van der Waals surface area contributed by atoms with Crippen LogP contribution in [0.4, 0.5) is 0 Å². The first kappa shape index (κ1) is 15.4. The molecule has 1 aliphatic rings. The Morgan fingerprint density at radius 2 is 2.26 bits per heavy atom. The normalized spacial score (nSPS) is 20.0. The topological polar surface area (TPSA) is 58.6 Å². The summed E-state index contributed by atoms with van der Waals surface area (Å²) < 4.78 is 5.17. The van der Waals surface area contributed by atoms with Crippen molar-refractivity contribution in [3.05, 3.63) is 23.8 Å². The largest absolute Gasteiger partial charge is 0.461 e. The second kappa shape index (κ2) is 7.09. The van der Waals surface area contributed by atoms with E-state index in [1.54, 1.807) is 13.0 Å². The maximum absolute atomic E-state index is 11.9. The van der Waals surface area contributed by atoms with Gasteiger partial charge in [0, 0.05) is 18.7 Å². The molecule has 0 aromatic carbocycles. The van der Waals surface area contributed by atoms with Crippen molar-refractivity contribution in [2.75, 3.05) is 33.8 Å². The van der Waals surface area contributed by atoms with Crippen LogP contribution in [-0.2, 0) is 14.3 Å². The number of likely N-dealkylation sites (N-methyl/N-ethyl adjacent to an activating group) is 1. The molecular formula is C14H22N2O3. The molecule has 1 saturated heterocycles. The summed E-state index contributed by atoms with van der Waals surface area (Å²) >= 11 is 0. The Morgan fingerprint density at radius 3 is 2.74 bits per heavy atom. The van der Waals surface area contributed by atoms with Gasteiger partial charge in [0.05, 0.1) is 5.92 Å². The van der Waals surface area contributed by atoms with Crippen molar-refractivity contribution >= 4 is 11.9 Å². The quantitative estimate of drug-likeness (QED) is 0.437. The number of nitrogens with zero attached hydrogens (tertiary/aromatic N) is 1. The lowest BCUT2D eigenvalue weighted by Gasteiger charge is -2.14. The molecule has 1 aliphatic heterocycles. The highest BCUT2D eigenvalue weighted by Crippen LogP contribution is 2.24. The third-order valence-electron chi connectivity index (χ3n) is 3.15. The highest BCUT2D eigenvalue weighted by molar-refractivity contribution is 5.92. The molecule has 0 spiro atoms. The first-order valence-electron chi connectivity index (χ1n) is 6.40. The van der Waals surface area contributed by atoms with Gasteiger partial charge in [0.15, 0.2) is 0 Å². The van der Waals surface area contributed by atoms with Crippen LogP contribution in [0, 0.1) is 5.92 Å². The predicted molar refractivity (Wildman–Crippen MR) is 73.5 cm³/mol. The van der Waals surface area contributed by atoms with Crippen molar-refractivity contribution in [3.63, 3.8) is 0 Å². The van der Waals surface area contributed by atoms with E-state index >= 15 is 0 Å². The highest BCUT2D eigenvalue weighted by atomic mass is 16.5. The maximum atomic E-state index is 11.9. The molecule has 1 N–H and O–H groups in total. The van der Waals surface area contributed by atoms with Crippen molar-refractivity contribution in [3.8, 4) is 0 Å². The van der Waals surface area contributed by atoms with E-state index in [2.05, 4.69) is 11.9 Å². The van der Waals surface area contributed by atoms with Crippen LogP contribution in [0.25, 0.3) is 0 Å². The molecule has 0 saturated carbocycles. The van der Waals surface area contributed by atoms with Gasteiger partial charge in [-0.25, -0.2) is 4.79 Å². The van der Waals surface area contributed by atoms with E-state index in [-0.39, 0.29) is 17.8 Å². The third-order valence-corrected chi connectivity index (χ3v) is 3.15. The minimum absolute atomic E-state index is 0.0460. The number of carbonyl (C=O) groups excluding carboxylic acids is 2. The fourth-order valence-corrected chi connectivity index (χ4v) is 1.99. The van der Waals surface area contributed by atoms with Gasteiger partial charge < -0.3 is 15.0 Å². The molecule has 0 aromatic heterocycles. The molecule has 1 rings (SSSR count). The molecule has 1 unspecified atom stereocenters. The minimum atomic E-state index is -0.378. The minimum Gasteiger partial charge on any atom is -0.461 e. The fourth-order valence-electron chi connectivity index (χ4n) is 1.99. The lowest BCUT2D eigenvalue weighted by Crippen LogP contribution is -2.23. The third kappa shape index (κ3) is 4.21. The summed E-state index contributed by atoms with van der Waals surface area (Å²) in [6.45, 7) is 7.03. The van der Waals surface area contributed by atoms with Crippen molar-refractivity contribution in [1.82, 2.24) is 10.2 Å². The van der Waals surface area contributed by atoms with Crippen LogP contribution in [0.15, 0.2) is 23.8 Å². The van der Waals surface area contributed by atoms with Crippen LogP contribution >= 0.6 is 0 Å². The zero-order chi connectivity index (χ0) is 14.4. The zero-order valence-electron chi connectivity index (χ0n) is 11.9.